The van der Waals surface area contributed by atoms with Crippen LogP contribution in [0.3, 0.4) is 0 Å². The van der Waals surface area contributed by atoms with Gasteiger partial charge in [0.05, 0.1) is 26.4 Å². The zero-order valence-electron chi connectivity index (χ0n) is 65.4. The minimum atomic E-state index is -4.99. The number of carbonyl (C=O) groups is 4. The average molecular weight is 1500 g/mol. The standard InChI is InChI=1S/C85H146O17P2/c1-5-9-13-17-21-25-29-33-36-38-39-41-43-47-50-54-58-62-66-70-83(88)96-76-81(102-85(90)72-68-64-60-56-52-48-44-40-37-34-30-26-22-18-14-10-6-2)78-100-104(93,94)98-74-79(86)73-97-103(91,92)99-77-80(101-84(89)71-67-63-59-55-51-45-32-28-24-20-16-12-8-4)75-95-82(87)69-65-61-57-53-49-46-42-35-31-27-23-19-15-11-7-3/h9-10,13-14,16,20-22,25-26,28,32-34,36-37,39,41,47,50,79-81,86H,5-8,11-12,15,17-19,23-24,27,29-31,35,38,40,42-46,48-49,51-78H2,1-4H3,(H,91,92)(H,93,94)/b13-9-,14-10-,20-16-,25-21-,26-22-,32-28-,36-33-,37-34-,41-39-,50-47-. The molecule has 104 heavy (non-hydrogen) atoms. The second-order valence-corrected chi connectivity index (χ2v) is 29.9. The van der Waals surface area contributed by atoms with Crippen LogP contribution >= 0.6 is 15.6 Å². The third-order valence-electron chi connectivity index (χ3n) is 16.9. The SMILES string of the molecule is CC/C=C\C/C=C\C/C=C\C/C=C\C/C=C\CCCCCC(=O)OCC(COP(=O)(O)OCC(O)COP(=O)(O)OCC(COC(=O)CCCCCCCCCCCCCCCCC)OC(=O)CCCCCCC/C=C\C/C=C\CCC)OC(=O)CCCCCCCCC/C=C\C/C=C\C/C=C\CC. The number of phosphoric acid groups is 2. The van der Waals surface area contributed by atoms with E-state index in [4.69, 9.17) is 37.0 Å². The molecule has 0 spiro atoms. The summed E-state index contributed by atoms with van der Waals surface area (Å²) in [5.41, 5.74) is 0. The monoisotopic (exact) mass is 1500 g/mol. The maximum absolute atomic E-state index is 13.1. The summed E-state index contributed by atoms with van der Waals surface area (Å²) in [6, 6.07) is 0. The first-order chi connectivity index (χ1) is 50.7. The Morgan fingerprint density at radius 2 is 0.519 bits per heavy atom. The van der Waals surface area contributed by atoms with Gasteiger partial charge in [0.1, 0.15) is 19.3 Å². The van der Waals surface area contributed by atoms with Gasteiger partial charge >= 0.3 is 39.5 Å². The van der Waals surface area contributed by atoms with Crippen molar-refractivity contribution in [1.82, 2.24) is 0 Å². The molecule has 598 valence electrons. The van der Waals surface area contributed by atoms with Gasteiger partial charge in [0, 0.05) is 25.7 Å². The molecule has 0 aliphatic heterocycles. The van der Waals surface area contributed by atoms with Crippen molar-refractivity contribution in [3.05, 3.63) is 122 Å². The quantitative estimate of drug-likeness (QED) is 0.0169. The van der Waals surface area contributed by atoms with Crippen LogP contribution in [-0.2, 0) is 65.4 Å². The predicted octanol–water partition coefficient (Wildman–Crippen LogP) is 23.9. The van der Waals surface area contributed by atoms with Gasteiger partial charge in [0.2, 0.25) is 0 Å². The molecule has 17 nitrogen and oxygen atoms in total. The summed E-state index contributed by atoms with van der Waals surface area (Å²) in [6.07, 6.45) is 84.6. The highest BCUT2D eigenvalue weighted by atomic mass is 31.2. The van der Waals surface area contributed by atoms with Crippen LogP contribution in [0.1, 0.15) is 336 Å². The molecule has 3 N–H and O–H groups in total. The molecule has 0 heterocycles. The van der Waals surface area contributed by atoms with Crippen molar-refractivity contribution in [1.29, 1.82) is 0 Å². The van der Waals surface area contributed by atoms with Crippen molar-refractivity contribution in [3.8, 4) is 0 Å². The number of phosphoric ester groups is 2. The fourth-order valence-electron chi connectivity index (χ4n) is 10.8. The second kappa shape index (κ2) is 76.6. The van der Waals surface area contributed by atoms with E-state index in [1.807, 2.05) is 0 Å². The number of aliphatic hydroxyl groups is 1. The van der Waals surface area contributed by atoms with E-state index in [0.29, 0.717) is 25.7 Å². The first-order valence-electron chi connectivity index (χ1n) is 40.8. The molecular formula is C85H146O17P2. The lowest BCUT2D eigenvalue weighted by molar-refractivity contribution is -0.161. The van der Waals surface area contributed by atoms with E-state index >= 15 is 0 Å². The first kappa shape index (κ1) is 99.5. The molecule has 0 aromatic heterocycles. The summed E-state index contributed by atoms with van der Waals surface area (Å²) < 4.78 is 68.6. The molecule has 0 aliphatic carbocycles. The van der Waals surface area contributed by atoms with Crippen molar-refractivity contribution in [3.63, 3.8) is 0 Å². The van der Waals surface area contributed by atoms with Crippen LogP contribution in [0.15, 0.2) is 122 Å². The maximum Gasteiger partial charge on any atom is 0.472 e. The van der Waals surface area contributed by atoms with Crippen molar-refractivity contribution >= 4 is 39.5 Å². The first-order valence-corrected chi connectivity index (χ1v) is 43.8. The van der Waals surface area contributed by atoms with Crippen LogP contribution in [0.4, 0.5) is 0 Å². The van der Waals surface area contributed by atoms with Gasteiger partial charge < -0.3 is 33.8 Å². The number of hydrogen-bond donors (Lipinski definition) is 3. The number of carbonyl (C=O) groups excluding carboxylic acids is 4. The summed E-state index contributed by atoms with van der Waals surface area (Å²) >= 11 is 0. The molecule has 0 bridgehead atoms. The van der Waals surface area contributed by atoms with Gasteiger partial charge in [-0.2, -0.15) is 0 Å². The molecule has 0 radical (unpaired) electrons. The molecule has 0 saturated carbocycles. The third kappa shape index (κ3) is 75.7. The molecule has 5 unspecified atom stereocenters. The molecule has 0 aliphatic rings. The smallest absolute Gasteiger partial charge is 0.462 e. The minimum absolute atomic E-state index is 0.0736. The number of hydrogen-bond acceptors (Lipinski definition) is 15. The Kier molecular flexibility index (Phi) is 73.3. The Morgan fingerprint density at radius 1 is 0.279 bits per heavy atom. The highest BCUT2D eigenvalue weighted by Gasteiger charge is 2.30. The number of allylic oxidation sites excluding steroid dienone is 20. The molecule has 0 rings (SSSR count). The summed E-state index contributed by atoms with van der Waals surface area (Å²) in [6.45, 7) is 4.56. The van der Waals surface area contributed by atoms with Crippen LogP contribution < -0.4 is 0 Å². The normalized spacial score (nSPS) is 14.5. The number of ether oxygens (including phenoxy) is 4. The second-order valence-electron chi connectivity index (χ2n) is 27.0. The fourth-order valence-corrected chi connectivity index (χ4v) is 12.3. The zero-order chi connectivity index (χ0) is 76.0. The number of rotatable bonds is 76. The van der Waals surface area contributed by atoms with Gasteiger partial charge in [-0.05, 0) is 128 Å². The Bertz CT molecular complexity index is 2440. The predicted molar refractivity (Wildman–Crippen MR) is 427 cm³/mol. The molecule has 5 atom stereocenters. The summed E-state index contributed by atoms with van der Waals surface area (Å²) in [4.78, 5) is 73.1. The van der Waals surface area contributed by atoms with E-state index in [9.17, 15) is 43.2 Å². The summed E-state index contributed by atoms with van der Waals surface area (Å²) in [5, 5.41) is 10.6. The Hall–Kier alpha value is -4.54. The van der Waals surface area contributed by atoms with Crippen LogP contribution in [0, 0.1) is 0 Å². The summed E-state index contributed by atoms with van der Waals surface area (Å²) in [5.74, 6) is -2.22. The maximum atomic E-state index is 13.1. The van der Waals surface area contributed by atoms with Crippen molar-refractivity contribution in [2.24, 2.45) is 0 Å². The van der Waals surface area contributed by atoms with E-state index in [-0.39, 0.29) is 25.7 Å². The van der Waals surface area contributed by atoms with E-state index in [2.05, 4.69) is 149 Å². The van der Waals surface area contributed by atoms with Gasteiger partial charge in [0.15, 0.2) is 12.2 Å². The Morgan fingerprint density at radius 3 is 0.817 bits per heavy atom. The van der Waals surface area contributed by atoms with E-state index < -0.39 is 97.5 Å². The zero-order valence-corrected chi connectivity index (χ0v) is 67.2. The lowest BCUT2D eigenvalue weighted by Gasteiger charge is -2.21. The average Bonchev–Trinajstić information content (AvgIpc) is 0.911. The van der Waals surface area contributed by atoms with Gasteiger partial charge in [-0.1, -0.05) is 303 Å². The number of esters is 4. The van der Waals surface area contributed by atoms with Crippen molar-refractivity contribution in [2.75, 3.05) is 39.6 Å². The fraction of sp³-hybridized carbons (Fsp3) is 0.718. The topological polar surface area (TPSA) is 237 Å². The Balaban J connectivity index is 5.39. The number of unbranched alkanes of at least 4 members (excludes halogenated alkanes) is 30. The minimum Gasteiger partial charge on any atom is -0.462 e. The van der Waals surface area contributed by atoms with Crippen LogP contribution in [-0.4, -0.2) is 96.7 Å². The molecule has 0 aromatic carbocycles. The third-order valence-corrected chi connectivity index (χ3v) is 18.8. The van der Waals surface area contributed by atoms with Crippen LogP contribution in [0.2, 0.25) is 0 Å². The summed E-state index contributed by atoms with van der Waals surface area (Å²) in [7, 11) is -9.97. The van der Waals surface area contributed by atoms with Gasteiger partial charge in [-0.25, -0.2) is 9.13 Å². The largest absolute Gasteiger partial charge is 0.472 e. The highest BCUT2D eigenvalue weighted by Crippen LogP contribution is 2.45. The molecule has 0 amide bonds. The molecule has 19 heteroatoms. The Labute approximate surface area is 632 Å². The van der Waals surface area contributed by atoms with Crippen molar-refractivity contribution in [2.45, 2.75) is 354 Å². The van der Waals surface area contributed by atoms with Crippen molar-refractivity contribution < 1.29 is 80.2 Å². The molecule has 0 aromatic rings. The molecule has 0 fully saturated rings. The van der Waals surface area contributed by atoms with Crippen LogP contribution in [0.25, 0.3) is 0 Å². The lowest BCUT2D eigenvalue weighted by Crippen LogP contribution is -2.30. The van der Waals surface area contributed by atoms with Crippen LogP contribution in [0.5, 0.6) is 0 Å². The van der Waals surface area contributed by atoms with E-state index in [0.717, 1.165) is 186 Å². The number of aliphatic hydroxyl groups excluding tert-OH is 1. The lowest BCUT2D eigenvalue weighted by atomic mass is 10.0. The molecular weight excluding hydrogens is 1350 g/mol. The molecule has 0 saturated heterocycles. The highest BCUT2D eigenvalue weighted by molar-refractivity contribution is 7.47. The van der Waals surface area contributed by atoms with E-state index in [1.54, 1.807) is 0 Å². The van der Waals surface area contributed by atoms with Gasteiger partial charge in [0.25, 0.3) is 0 Å². The van der Waals surface area contributed by atoms with E-state index in [1.165, 1.54) is 70.6 Å². The van der Waals surface area contributed by atoms with Gasteiger partial charge in [-0.3, -0.25) is 37.3 Å². The van der Waals surface area contributed by atoms with Gasteiger partial charge in [-0.15, -0.1) is 0 Å².